The van der Waals surface area contributed by atoms with Gasteiger partial charge in [-0.05, 0) is 38.9 Å². The van der Waals surface area contributed by atoms with Gasteiger partial charge < -0.3 is 14.3 Å². The molecule has 1 aliphatic heterocycles. The normalized spacial score (nSPS) is 29.8. The summed E-state index contributed by atoms with van der Waals surface area (Å²) in [6.07, 6.45) is -0.0588. The lowest BCUT2D eigenvalue weighted by Gasteiger charge is -2.44. The number of hydrogen-bond acceptors (Lipinski definition) is 3. The number of nitrogens with zero attached hydrogens (tertiary/aromatic N) is 1. The van der Waals surface area contributed by atoms with Crippen LogP contribution in [0, 0.1) is 0 Å². The maximum Gasteiger partial charge on any atom is 0.514 e. The van der Waals surface area contributed by atoms with E-state index < -0.39 is 19.9 Å². The second-order valence-corrected chi connectivity index (χ2v) is 14.1. The van der Waals surface area contributed by atoms with Gasteiger partial charge in [0.15, 0.2) is 8.32 Å². The maximum absolute atomic E-state index is 12.2. The molecule has 23 heavy (non-hydrogen) atoms. The van der Waals surface area contributed by atoms with Crippen LogP contribution in [-0.2, 0) is 9.16 Å². The van der Waals surface area contributed by atoms with Crippen LogP contribution in [0.15, 0.2) is 0 Å². The molecule has 1 heterocycles. The quantitative estimate of drug-likeness (QED) is 0.615. The second-order valence-electron chi connectivity index (χ2n) is 9.35. The zero-order valence-electron chi connectivity index (χ0n) is 16.4. The number of rotatable bonds is 4. The number of hydrogen-bond donors (Lipinski definition) is 1. The van der Waals surface area contributed by atoms with Gasteiger partial charge in [-0.2, -0.15) is 4.79 Å². The molecule has 1 aliphatic rings. The minimum absolute atomic E-state index is 0.0140. The van der Waals surface area contributed by atoms with Gasteiger partial charge in [0.2, 0.25) is 0 Å². The molecule has 136 valence electrons. The predicted octanol–water partition coefficient (Wildman–Crippen LogP) is 4.09. The predicted molar refractivity (Wildman–Crippen MR) is 95.3 cm³/mol. The summed E-state index contributed by atoms with van der Waals surface area (Å²) < 4.78 is 11.9. The third kappa shape index (κ3) is 3.81. The lowest BCUT2D eigenvalue weighted by Crippen LogP contribution is -2.67. The van der Waals surface area contributed by atoms with E-state index in [2.05, 4.69) is 33.9 Å². The zero-order chi connectivity index (χ0) is 18.3. The fraction of sp³-hybridized carbons (Fsp3) is 0.941. The van der Waals surface area contributed by atoms with Gasteiger partial charge in [0.25, 0.3) is 0 Å². The van der Waals surface area contributed by atoms with E-state index in [1.165, 1.54) is 0 Å². The van der Waals surface area contributed by atoms with E-state index in [9.17, 15) is 9.90 Å². The van der Waals surface area contributed by atoms with Crippen molar-refractivity contribution in [2.45, 2.75) is 83.8 Å². The van der Waals surface area contributed by atoms with Gasteiger partial charge >= 0.3 is 6.09 Å². The zero-order valence-corrected chi connectivity index (χ0v) is 17.4. The number of amides is 1. The fourth-order valence-electron chi connectivity index (χ4n) is 3.44. The van der Waals surface area contributed by atoms with Crippen LogP contribution in [0.1, 0.15) is 48.0 Å². The molecule has 0 aromatic carbocycles. The Morgan fingerprint density at radius 3 is 2.09 bits per heavy atom. The molecule has 1 rings (SSSR count). The van der Waals surface area contributed by atoms with Crippen LogP contribution in [0.4, 0.5) is 4.79 Å². The molecular formula is C17H36NO4Si+. The minimum atomic E-state index is -1.92. The number of quaternary nitrogens is 1. The van der Waals surface area contributed by atoms with Crippen LogP contribution in [0.3, 0.4) is 0 Å². The highest BCUT2D eigenvalue weighted by Gasteiger charge is 2.60. The van der Waals surface area contributed by atoms with Gasteiger partial charge in [-0.1, -0.05) is 20.8 Å². The number of methoxy groups -OCH3 is 1. The van der Waals surface area contributed by atoms with Crippen molar-refractivity contribution < 1.29 is 23.5 Å². The number of ether oxygens (including phenoxy) is 1. The Hall–Kier alpha value is -0.433. The Labute approximate surface area is 142 Å². The van der Waals surface area contributed by atoms with Gasteiger partial charge in [0.1, 0.15) is 24.2 Å². The van der Waals surface area contributed by atoms with Gasteiger partial charge in [-0.25, -0.2) is 4.48 Å². The molecule has 1 saturated heterocycles. The monoisotopic (exact) mass is 346 g/mol. The van der Waals surface area contributed by atoms with Gasteiger partial charge in [0, 0.05) is 13.5 Å². The van der Waals surface area contributed by atoms with Crippen LogP contribution >= 0.6 is 0 Å². The standard InChI is InChI=1S/C17H35NO4Si/c1-16(2,3)18(15(19)20)11-14(10-13(18)12-21-7)22-23(8,9)17(4,5)6/h13-14H,10-12H2,1-9H3/p+1/t13-,14+,18?/m1/s1. The number of carboxylic acid groups (broad SMARTS) is 1. The van der Waals surface area contributed by atoms with Crippen LogP contribution < -0.4 is 0 Å². The first kappa shape index (κ1) is 20.6. The molecule has 0 bridgehead atoms. The third-order valence-electron chi connectivity index (χ3n) is 5.81. The molecular weight excluding hydrogens is 310 g/mol. The van der Waals surface area contributed by atoms with Crippen molar-refractivity contribution in [1.82, 2.24) is 0 Å². The van der Waals surface area contributed by atoms with Crippen molar-refractivity contribution in [2.24, 2.45) is 0 Å². The van der Waals surface area contributed by atoms with E-state index in [0.717, 1.165) is 6.42 Å². The average Bonchev–Trinajstić information content (AvgIpc) is 2.66. The van der Waals surface area contributed by atoms with E-state index in [1.807, 2.05) is 20.8 Å². The molecule has 0 aliphatic carbocycles. The van der Waals surface area contributed by atoms with Crippen LogP contribution in [0.5, 0.6) is 0 Å². The first-order valence-corrected chi connectivity index (χ1v) is 11.4. The van der Waals surface area contributed by atoms with Gasteiger partial charge in [-0.3, -0.25) is 0 Å². The van der Waals surface area contributed by atoms with Crippen molar-refractivity contribution in [1.29, 1.82) is 0 Å². The topological polar surface area (TPSA) is 55.8 Å². The van der Waals surface area contributed by atoms with E-state index in [0.29, 0.717) is 13.2 Å². The Kier molecular flexibility index (Phi) is 5.79. The minimum Gasteiger partial charge on any atom is -0.435 e. The lowest BCUT2D eigenvalue weighted by molar-refractivity contribution is -0.915. The van der Waals surface area contributed by atoms with Crippen LogP contribution in [0.25, 0.3) is 0 Å². The van der Waals surface area contributed by atoms with Gasteiger partial charge in [-0.15, -0.1) is 0 Å². The maximum atomic E-state index is 12.2. The summed E-state index contributed by atoms with van der Waals surface area (Å²) in [5, 5.41) is 10.2. The molecule has 0 aromatic rings. The van der Waals surface area contributed by atoms with Crippen molar-refractivity contribution in [3.05, 3.63) is 0 Å². The highest BCUT2D eigenvalue weighted by atomic mass is 28.4. The molecule has 0 saturated carbocycles. The summed E-state index contributed by atoms with van der Waals surface area (Å²) in [5.74, 6) is 0. The van der Waals surface area contributed by atoms with Crippen molar-refractivity contribution in [2.75, 3.05) is 20.3 Å². The lowest BCUT2D eigenvalue weighted by atomic mass is 10.00. The molecule has 1 amide bonds. The smallest absolute Gasteiger partial charge is 0.435 e. The molecule has 1 N–H and O–H groups in total. The molecule has 3 atom stereocenters. The SMILES string of the molecule is COC[C@H]1C[C@H](O[Si](C)(C)C(C)(C)C)C[N+]1(C(=O)O)C(C)(C)C. The molecule has 0 radical (unpaired) electrons. The Morgan fingerprint density at radius 2 is 1.74 bits per heavy atom. The van der Waals surface area contributed by atoms with E-state index in [4.69, 9.17) is 9.16 Å². The van der Waals surface area contributed by atoms with Crippen molar-refractivity contribution in [3.8, 4) is 0 Å². The summed E-state index contributed by atoms with van der Waals surface area (Å²) in [7, 11) is -0.283. The molecule has 5 nitrogen and oxygen atoms in total. The Morgan fingerprint density at radius 1 is 1.22 bits per heavy atom. The summed E-state index contributed by atoms with van der Waals surface area (Å²) in [5.41, 5.74) is -0.402. The van der Waals surface area contributed by atoms with Gasteiger partial charge in [0.05, 0.1) is 6.61 Å². The largest absolute Gasteiger partial charge is 0.514 e. The first-order valence-electron chi connectivity index (χ1n) is 8.47. The number of carbonyl (C=O) groups is 1. The van der Waals surface area contributed by atoms with E-state index in [1.54, 1.807) is 7.11 Å². The third-order valence-corrected chi connectivity index (χ3v) is 10.3. The van der Waals surface area contributed by atoms with E-state index >= 15 is 0 Å². The van der Waals surface area contributed by atoms with Crippen LogP contribution in [-0.4, -0.2) is 61.9 Å². The molecule has 0 aromatic heterocycles. The highest BCUT2D eigenvalue weighted by molar-refractivity contribution is 6.74. The Balaban J connectivity index is 3.14. The average molecular weight is 347 g/mol. The van der Waals surface area contributed by atoms with E-state index in [-0.39, 0.29) is 21.7 Å². The molecule has 1 fully saturated rings. The second kappa shape index (κ2) is 6.46. The summed E-state index contributed by atoms with van der Waals surface area (Å²) in [6.45, 7) is 18.0. The van der Waals surface area contributed by atoms with Crippen molar-refractivity contribution in [3.63, 3.8) is 0 Å². The summed E-state index contributed by atoms with van der Waals surface area (Å²) in [6, 6.07) is -0.0766. The van der Waals surface area contributed by atoms with Crippen LogP contribution in [0.2, 0.25) is 18.1 Å². The summed E-state index contributed by atoms with van der Waals surface area (Å²) >= 11 is 0. The highest BCUT2D eigenvalue weighted by Crippen LogP contribution is 2.43. The summed E-state index contributed by atoms with van der Waals surface area (Å²) in [4.78, 5) is 12.2. The fourth-order valence-corrected chi connectivity index (χ4v) is 4.80. The van der Waals surface area contributed by atoms with Crippen molar-refractivity contribution >= 4 is 14.4 Å². The number of likely N-dealkylation sites (tertiary alicyclic amines) is 1. The molecule has 0 spiro atoms. The molecule has 6 heteroatoms. The first-order chi connectivity index (χ1) is 10.2. The molecule has 1 unspecified atom stereocenters. The Bertz CT molecular complexity index is 439.